The molecule has 0 heterocycles. The minimum absolute atomic E-state index is 0.0532. The Morgan fingerprint density at radius 3 is 1.54 bits per heavy atom. The van der Waals surface area contributed by atoms with Crippen molar-refractivity contribution in [3.8, 4) is 0 Å². The molecule has 0 aromatic carbocycles. The van der Waals surface area contributed by atoms with Crippen molar-refractivity contribution in [2.45, 2.75) is 180 Å². The van der Waals surface area contributed by atoms with Crippen LogP contribution >= 0.6 is 7.82 Å². The van der Waals surface area contributed by atoms with Crippen molar-refractivity contribution in [3.05, 3.63) is 24.3 Å². The Hall–Kier alpha value is -1.02. The summed E-state index contributed by atoms with van der Waals surface area (Å²) in [6.45, 7) is 3.85. The van der Waals surface area contributed by atoms with E-state index in [1.807, 2.05) is 27.2 Å². The molecule has 0 spiro atoms. The zero-order chi connectivity index (χ0) is 35.8. The summed E-state index contributed by atoms with van der Waals surface area (Å²) in [7, 11) is 1.54. The maximum atomic E-state index is 12.2. The number of allylic oxidation sites excluding steroid dienone is 3. The molecule has 0 aliphatic carbocycles. The zero-order valence-electron chi connectivity index (χ0n) is 32.0. The number of quaternary nitrogens is 1. The predicted octanol–water partition coefficient (Wildman–Crippen LogP) is 10.2. The van der Waals surface area contributed by atoms with Crippen molar-refractivity contribution in [3.63, 3.8) is 0 Å². The minimum atomic E-state index is -4.29. The van der Waals surface area contributed by atoms with Gasteiger partial charge in [0, 0.05) is 6.92 Å². The maximum Gasteiger partial charge on any atom is 0.472 e. The van der Waals surface area contributed by atoms with E-state index in [1.54, 1.807) is 6.08 Å². The number of rotatable bonds is 35. The van der Waals surface area contributed by atoms with E-state index in [0.29, 0.717) is 11.0 Å². The van der Waals surface area contributed by atoms with Crippen molar-refractivity contribution in [1.82, 2.24) is 5.32 Å². The normalized spacial score (nSPS) is 14.9. The number of hydrogen-bond acceptors (Lipinski definition) is 5. The lowest BCUT2D eigenvalue weighted by Crippen LogP contribution is -2.44. The fourth-order valence-electron chi connectivity index (χ4n) is 5.62. The summed E-state index contributed by atoms with van der Waals surface area (Å²) in [5.41, 5.74) is 0. The molecule has 284 valence electrons. The molecule has 0 fully saturated rings. The number of carbonyl (C=O) groups is 1. The first-order valence-corrected chi connectivity index (χ1v) is 21.2. The third-order valence-corrected chi connectivity index (χ3v) is 9.69. The number of unbranched alkanes of at least 4 members (excludes halogenated alkanes) is 22. The molecule has 1 amide bonds. The van der Waals surface area contributed by atoms with E-state index in [2.05, 4.69) is 24.4 Å². The largest absolute Gasteiger partial charge is 0.472 e. The third-order valence-electron chi connectivity index (χ3n) is 8.71. The van der Waals surface area contributed by atoms with Crippen molar-refractivity contribution in [2.75, 3.05) is 40.9 Å². The number of carbonyl (C=O) groups excluding carboxylic acids is 1. The summed E-state index contributed by atoms with van der Waals surface area (Å²) >= 11 is 0. The molecule has 3 atom stereocenters. The van der Waals surface area contributed by atoms with E-state index < -0.39 is 20.0 Å². The minimum Gasteiger partial charge on any atom is -0.387 e. The van der Waals surface area contributed by atoms with Gasteiger partial charge < -0.3 is 19.8 Å². The van der Waals surface area contributed by atoms with Gasteiger partial charge in [-0.1, -0.05) is 160 Å². The Kier molecular flexibility index (Phi) is 31.2. The van der Waals surface area contributed by atoms with Gasteiger partial charge in [0.2, 0.25) is 5.91 Å². The highest BCUT2D eigenvalue weighted by molar-refractivity contribution is 7.47. The van der Waals surface area contributed by atoms with Crippen LogP contribution in [0.15, 0.2) is 24.3 Å². The Morgan fingerprint density at radius 1 is 0.688 bits per heavy atom. The van der Waals surface area contributed by atoms with Gasteiger partial charge in [-0.15, -0.1) is 0 Å². The van der Waals surface area contributed by atoms with Crippen LogP contribution in [0.4, 0.5) is 0 Å². The lowest BCUT2D eigenvalue weighted by molar-refractivity contribution is -0.870. The second-order valence-electron chi connectivity index (χ2n) is 14.7. The third kappa shape index (κ3) is 34.8. The first-order chi connectivity index (χ1) is 23.0. The average molecular weight is 702 g/mol. The van der Waals surface area contributed by atoms with E-state index in [9.17, 15) is 19.4 Å². The Labute approximate surface area is 296 Å². The monoisotopic (exact) mass is 702 g/mol. The molecule has 0 aliphatic heterocycles. The number of hydrogen-bond donors (Lipinski definition) is 3. The van der Waals surface area contributed by atoms with Gasteiger partial charge in [0.1, 0.15) is 13.2 Å². The molecule has 0 radical (unpaired) electrons. The van der Waals surface area contributed by atoms with Gasteiger partial charge in [-0.3, -0.25) is 13.8 Å². The van der Waals surface area contributed by atoms with Crippen LogP contribution in [0.5, 0.6) is 0 Å². The predicted molar refractivity (Wildman–Crippen MR) is 203 cm³/mol. The molecule has 48 heavy (non-hydrogen) atoms. The smallest absolute Gasteiger partial charge is 0.387 e. The van der Waals surface area contributed by atoms with Gasteiger partial charge in [-0.05, 0) is 25.7 Å². The first-order valence-electron chi connectivity index (χ1n) is 19.7. The van der Waals surface area contributed by atoms with Crippen molar-refractivity contribution in [1.29, 1.82) is 0 Å². The topological polar surface area (TPSA) is 105 Å². The van der Waals surface area contributed by atoms with Gasteiger partial charge in [0.15, 0.2) is 0 Å². The fourth-order valence-corrected chi connectivity index (χ4v) is 6.36. The molecule has 0 rings (SSSR count). The number of nitrogens with zero attached hydrogens (tertiary/aromatic N) is 1. The van der Waals surface area contributed by atoms with Crippen molar-refractivity contribution >= 4 is 13.7 Å². The van der Waals surface area contributed by atoms with E-state index in [-0.39, 0.29) is 19.1 Å². The molecular formula is C39H78N2O6P+. The number of nitrogens with one attached hydrogen (secondary N) is 1. The van der Waals surface area contributed by atoms with Crippen LogP contribution in [0, 0.1) is 0 Å². The van der Waals surface area contributed by atoms with E-state index in [1.165, 1.54) is 142 Å². The summed E-state index contributed by atoms with van der Waals surface area (Å²) in [6.07, 6.45) is 39.0. The number of phosphoric acid groups is 1. The van der Waals surface area contributed by atoms with E-state index in [0.717, 1.165) is 19.3 Å². The molecule has 0 aromatic heterocycles. The Morgan fingerprint density at radius 2 is 1.10 bits per heavy atom. The zero-order valence-corrected chi connectivity index (χ0v) is 32.9. The number of aliphatic hydroxyl groups excluding tert-OH is 1. The SMILES string of the molecule is CCCCCCCCCCCCCCCCCCCCCCC/C=C/CC/C=C/C(O)C(COP(=O)(O)OCC[N+](C)(C)C)NC(C)=O. The van der Waals surface area contributed by atoms with Gasteiger partial charge in [0.05, 0.1) is 39.9 Å². The van der Waals surface area contributed by atoms with E-state index >= 15 is 0 Å². The van der Waals surface area contributed by atoms with Crippen LogP contribution in [0.3, 0.4) is 0 Å². The summed E-state index contributed by atoms with van der Waals surface area (Å²) in [5.74, 6) is -0.363. The number of phosphoric ester groups is 1. The van der Waals surface area contributed by atoms with Crippen LogP contribution in [-0.4, -0.2) is 73.4 Å². The van der Waals surface area contributed by atoms with Gasteiger partial charge in [-0.25, -0.2) is 4.57 Å². The summed E-state index contributed by atoms with van der Waals surface area (Å²) in [4.78, 5) is 21.5. The van der Waals surface area contributed by atoms with Crippen LogP contribution in [0.2, 0.25) is 0 Å². The molecule has 3 N–H and O–H groups in total. The summed E-state index contributed by atoms with van der Waals surface area (Å²) in [6, 6.07) is -0.860. The van der Waals surface area contributed by atoms with Crippen LogP contribution in [0.25, 0.3) is 0 Å². The highest BCUT2D eigenvalue weighted by atomic mass is 31.2. The molecule has 3 unspecified atom stereocenters. The molecule has 0 aromatic rings. The Bertz CT molecular complexity index is 845. The lowest BCUT2D eigenvalue weighted by atomic mass is 10.0. The van der Waals surface area contributed by atoms with Gasteiger partial charge in [-0.2, -0.15) is 0 Å². The fraction of sp³-hybridized carbons (Fsp3) is 0.872. The van der Waals surface area contributed by atoms with Gasteiger partial charge >= 0.3 is 7.82 Å². The Balaban J connectivity index is 3.73. The van der Waals surface area contributed by atoms with Crippen LogP contribution in [-0.2, 0) is 18.4 Å². The summed E-state index contributed by atoms with van der Waals surface area (Å²) < 4.78 is 22.8. The molecule has 0 saturated heterocycles. The molecule has 9 heteroatoms. The lowest BCUT2D eigenvalue weighted by Gasteiger charge is -2.25. The van der Waals surface area contributed by atoms with E-state index in [4.69, 9.17) is 9.05 Å². The summed E-state index contributed by atoms with van der Waals surface area (Å²) in [5, 5.41) is 13.1. The highest BCUT2D eigenvalue weighted by Crippen LogP contribution is 2.43. The number of amides is 1. The van der Waals surface area contributed by atoms with Crippen LogP contribution in [0.1, 0.15) is 168 Å². The molecule has 0 saturated carbocycles. The van der Waals surface area contributed by atoms with Crippen molar-refractivity contribution in [2.24, 2.45) is 0 Å². The molecular weight excluding hydrogens is 623 g/mol. The first kappa shape index (κ1) is 47.0. The molecule has 0 bridgehead atoms. The second kappa shape index (κ2) is 31.9. The average Bonchev–Trinajstić information content (AvgIpc) is 3.01. The van der Waals surface area contributed by atoms with Crippen LogP contribution < -0.4 is 5.32 Å². The number of likely N-dealkylation sites (N-methyl/N-ethyl adjacent to an activating group) is 1. The molecule has 0 aliphatic rings. The maximum absolute atomic E-state index is 12.2. The molecule has 8 nitrogen and oxygen atoms in total. The second-order valence-corrected chi connectivity index (χ2v) is 16.2. The quantitative estimate of drug-likeness (QED) is 0.0263. The standard InChI is InChI=1S/C39H77N2O6P/c1-6-7-8-9-10-11-12-13-14-15-16-17-18-19-20-21-22-23-24-25-26-27-28-29-30-31-32-33-39(43)38(40-37(2)42)36-47-48(44,45)46-35-34-41(3,4)5/h28-29,32-33,38-39,43H,6-27,30-31,34-36H2,1-5H3,(H-,40,42,44,45)/p+1/b29-28+,33-32+. The highest BCUT2D eigenvalue weighted by Gasteiger charge is 2.27. The number of aliphatic hydroxyl groups is 1. The van der Waals surface area contributed by atoms with Crippen molar-refractivity contribution < 1.29 is 32.9 Å². The van der Waals surface area contributed by atoms with Gasteiger partial charge in [0.25, 0.3) is 0 Å².